The monoisotopic (exact) mass is 163 g/mol. The molecule has 0 saturated heterocycles. The summed E-state index contributed by atoms with van der Waals surface area (Å²) in [5, 5.41) is 8.60. The van der Waals surface area contributed by atoms with Crippen LogP contribution in [0.4, 0.5) is 0 Å². The van der Waals surface area contributed by atoms with E-state index in [4.69, 9.17) is 5.21 Å². The maximum absolute atomic E-state index is 8.60. The van der Waals surface area contributed by atoms with E-state index in [9.17, 15) is 0 Å². The van der Waals surface area contributed by atoms with Crippen molar-refractivity contribution in [3.05, 3.63) is 42.0 Å². The van der Waals surface area contributed by atoms with Crippen molar-refractivity contribution in [1.82, 2.24) is 5.48 Å². The zero-order chi connectivity index (χ0) is 8.97. The molecule has 2 nitrogen and oxygen atoms in total. The Morgan fingerprint density at radius 2 is 2.33 bits per heavy atom. The molecule has 12 heavy (non-hydrogen) atoms. The maximum Gasteiger partial charge on any atom is 0.0602 e. The molecule has 0 aliphatic rings. The van der Waals surface area contributed by atoms with Gasteiger partial charge in [0.1, 0.15) is 0 Å². The van der Waals surface area contributed by atoms with Crippen molar-refractivity contribution in [2.24, 2.45) is 0 Å². The van der Waals surface area contributed by atoms with Crippen LogP contribution < -0.4 is 5.48 Å². The predicted octanol–water partition coefficient (Wildman–Crippen LogP) is 2.20. The number of hydroxylamine groups is 1. The summed E-state index contributed by atoms with van der Waals surface area (Å²) in [4.78, 5) is 0. The Bertz CT molecular complexity index is 281. The van der Waals surface area contributed by atoms with Gasteiger partial charge in [-0.1, -0.05) is 31.7 Å². The summed E-state index contributed by atoms with van der Waals surface area (Å²) in [6.45, 7) is 5.75. The van der Waals surface area contributed by atoms with E-state index in [0.29, 0.717) is 5.70 Å². The molecule has 0 amide bonds. The zero-order valence-corrected chi connectivity index (χ0v) is 7.17. The van der Waals surface area contributed by atoms with Crippen molar-refractivity contribution in [3.63, 3.8) is 0 Å². The molecule has 0 aliphatic heterocycles. The largest absolute Gasteiger partial charge is 0.291 e. The van der Waals surface area contributed by atoms with Crippen molar-refractivity contribution in [2.45, 2.75) is 13.3 Å². The van der Waals surface area contributed by atoms with Crippen LogP contribution in [0.25, 0.3) is 5.70 Å². The summed E-state index contributed by atoms with van der Waals surface area (Å²) >= 11 is 0. The molecule has 0 unspecified atom stereocenters. The Kier molecular flexibility index (Phi) is 2.88. The molecule has 0 fully saturated rings. The molecule has 0 aliphatic carbocycles. The average Bonchev–Trinajstić information content (AvgIpc) is 2.17. The van der Waals surface area contributed by atoms with Crippen LogP contribution >= 0.6 is 0 Å². The third kappa shape index (κ3) is 1.86. The lowest BCUT2D eigenvalue weighted by Gasteiger charge is -2.04. The minimum absolute atomic E-state index is 0.533. The van der Waals surface area contributed by atoms with E-state index >= 15 is 0 Å². The Hall–Kier alpha value is -1.28. The zero-order valence-electron chi connectivity index (χ0n) is 7.17. The van der Waals surface area contributed by atoms with Gasteiger partial charge in [0.15, 0.2) is 0 Å². The van der Waals surface area contributed by atoms with Gasteiger partial charge in [-0.15, -0.1) is 0 Å². The Morgan fingerprint density at radius 1 is 1.58 bits per heavy atom. The highest BCUT2D eigenvalue weighted by molar-refractivity contribution is 5.61. The molecule has 0 radical (unpaired) electrons. The molecule has 1 rings (SSSR count). The molecule has 1 aromatic carbocycles. The van der Waals surface area contributed by atoms with E-state index in [2.05, 4.69) is 13.5 Å². The van der Waals surface area contributed by atoms with Crippen LogP contribution in [0.5, 0.6) is 0 Å². The molecule has 0 saturated carbocycles. The van der Waals surface area contributed by atoms with Gasteiger partial charge in [0.25, 0.3) is 0 Å². The fourth-order valence-corrected chi connectivity index (χ4v) is 1.04. The summed E-state index contributed by atoms with van der Waals surface area (Å²) < 4.78 is 0. The van der Waals surface area contributed by atoms with Crippen molar-refractivity contribution in [2.75, 3.05) is 0 Å². The standard InChI is InChI=1S/C10H13NO/c1-3-9-5-4-6-10(7-9)8(2)11-12/h4-7,11-12H,2-3H2,1H3. The summed E-state index contributed by atoms with van der Waals surface area (Å²) in [5.41, 5.74) is 4.74. The lowest BCUT2D eigenvalue weighted by Crippen LogP contribution is -2.03. The van der Waals surface area contributed by atoms with Gasteiger partial charge >= 0.3 is 0 Å². The van der Waals surface area contributed by atoms with E-state index in [1.54, 1.807) is 0 Å². The van der Waals surface area contributed by atoms with Gasteiger partial charge in [0.05, 0.1) is 5.70 Å². The molecule has 0 heterocycles. The molecule has 64 valence electrons. The van der Waals surface area contributed by atoms with Gasteiger partial charge in [-0.3, -0.25) is 10.7 Å². The van der Waals surface area contributed by atoms with Crippen LogP contribution in [-0.4, -0.2) is 5.21 Å². The molecule has 0 spiro atoms. The second-order valence-electron chi connectivity index (χ2n) is 2.64. The molecule has 2 heteroatoms. The predicted molar refractivity (Wildman–Crippen MR) is 49.8 cm³/mol. The Labute approximate surface area is 72.5 Å². The molecule has 0 bridgehead atoms. The molecule has 1 aromatic rings. The fourth-order valence-electron chi connectivity index (χ4n) is 1.04. The lowest BCUT2D eigenvalue weighted by molar-refractivity contribution is 0.225. The number of hydrogen-bond donors (Lipinski definition) is 2. The smallest absolute Gasteiger partial charge is 0.0602 e. The van der Waals surface area contributed by atoms with E-state index in [1.807, 2.05) is 29.7 Å². The van der Waals surface area contributed by atoms with Crippen molar-refractivity contribution in [1.29, 1.82) is 0 Å². The molecular weight excluding hydrogens is 150 g/mol. The van der Waals surface area contributed by atoms with Gasteiger partial charge < -0.3 is 0 Å². The van der Waals surface area contributed by atoms with Crippen LogP contribution in [0.15, 0.2) is 30.8 Å². The number of benzene rings is 1. The first-order valence-corrected chi connectivity index (χ1v) is 3.96. The fraction of sp³-hybridized carbons (Fsp3) is 0.200. The van der Waals surface area contributed by atoms with E-state index in [0.717, 1.165) is 12.0 Å². The lowest BCUT2D eigenvalue weighted by atomic mass is 10.1. The molecule has 0 atom stereocenters. The number of rotatable bonds is 3. The SMILES string of the molecule is C=C(NO)c1cccc(CC)c1. The molecular formula is C10H13NO. The third-order valence-corrected chi connectivity index (χ3v) is 1.82. The van der Waals surface area contributed by atoms with Crippen LogP contribution in [-0.2, 0) is 6.42 Å². The number of hydrogen-bond acceptors (Lipinski definition) is 2. The third-order valence-electron chi connectivity index (χ3n) is 1.82. The highest BCUT2D eigenvalue weighted by Crippen LogP contribution is 2.11. The first-order valence-electron chi connectivity index (χ1n) is 3.96. The van der Waals surface area contributed by atoms with E-state index in [-0.39, 0.29) is 0 Å². The highest BCUT2D eigenvalue weighted by Gasteiger charge is 1.96. The van der Waals surface area contributed by atoms with E-state index < -0.39 is 0 Å². The van der Waals surface area contributed by atoms with Gasteiger partial charge in [-0.25, -0.2) is 0 Å². The Morgan fingerprint density at radius 3 is 2.92 bits per heavy atom. The van der Waals surface area contributed by atoms with Gasteiger partial charge in [0, 0.05) is 0 Å². The van der Waals surface area contributed by atoms with Gasteiger partial charge in [-0.2, -0.15) is 0 Å². The first kappa shape index (κ1) is 8.81. The van der Waals surface area contributed by atoms with Crippen LogP contribution in [0, 0.1) is 0 Å². The minimum Gasteiger partial charge on any atom is -0.291 e. The molecule has 0 aromatic heterocycles. The average molecular weight is 163 g/mol. The minimum atomic E-state index is 0.533. The normalized spacial score (nSPS) is 9.50. The van der Waals surface area contributed by atoms with Crippen molar-refractivity contribution < 1.29 is 5.21 Å². The second-order valence-corrected chi connectivity index (χ2v) is 2.64. The van der Waals surface area contributed by atoms with Gasteiger partial charge in [-0.05, 0) is 23.6 Å². The van der Waals surface area contributed by atoms with Gasteiger partial charge in [0.2, 0.25) is 0 Å². The van der Waals surface area contributed by atoms with Crippen LogP contribution in [0.1, 0.15) is 18.1 Å². The van der Waals surface area contributed by atoms with Crippen LogP contribution in [0.2, 0.25) is 0 Å². The quantitative estimate of drug-likeness (QED) is 0.669. The summed E-state index contributed by atoms with van der Waals surface area (Å²) in [6.07, 6.45) is 0.993. The number of nitrogens with one attached hydrogen (secondary N) is 1. The summed E-state index contributed by atoms with van der Waals surface area (Å²) in [5.74, 6) is 0. The second kappa shape index (κ2) is 3.93. The molecule has 2 N–H and O–H groups in total. The summed E-state index contributed by atoms with van der Waals surface area (Å²) in [6, 6.07) is 7.92. The van der Waals surface area contributed by atoms with Crippen molar-refractivity contribution in [3.8, 4) is 0 Å². The maximum atomic E-state index is 8.60. The van der Waals surface area contributed by atoms with E-state index in [1.165, 1.54) is 5.56 Å². The van der Waals surface area contributed by atoms with Crippen LogP contribution in [0.3, 0.4) is 0 Å². The van der Waals surface area contributed by atoms with Crippen molar-refractivity contribution >= 4 is 5.70 Å². The number of aryl methyl sites for hydroxylation is 1. The topological polar surface area (TPSA) is 32.3 Å². The summed E-state index contributed by atoms with van der Waals surface area (Å²) in [7, 11) is 0. The first-order chi connectivity index (χ1) is 5.77. The highest BCUT2D eigenvalue weighted by atomic mass is 16.5. The Balaban J connectivity index is 2.93.